The second-order valence-electron chi connectivity index (χ2n) is 15.2. The molecule has 14 nitrogen and oxygen atoms in total. The van der Waals surface area contributed by atoms with Gasteiger partial charge in [0.25, 0.3) is 5.56 Å². The standard InChI is InChI=1S/C44H39ClN6O8/c1-24-10-8-15-29(38(24)52)37-28-16-19-49-42(56)48(18-17-31-40(54)47(2)34-23-36(59-4)35(58-3)22-32(34)46-31)43(57)51(49)33(28)21-30-39(53)50(27-14-9-13-26(45)20-27)41(55)44(30,37)25-11-6-5-7-12-25/h5-16,20,22-23,30,33,37,52H,17-19,21H2,1-4H3. The largest absolute Gasteiger partial charge is 0.507 e. The van der Waals surface area contributed by atoms with Gasteiger partial charge in [-0.25, -0.2) is 33.4 Å². The van der Waals surface area contributed by atoms with Gasteiger partial charge in [-0.3, -0.25) is 14.4 Å². The van der Waals surface area contributed by atoms with Crippen molar-refractivity contribution in [3.63, 3.8) is 0 Å². The maximum absolute atomic E-state index is 15.4. The molecule has 2 amide bonds. The summed E-state index contributed by atoms with van der Waals surface area (Å²) in [5.74, 6) is -2.14. The Morgan fingerprint density at radius 3 is 2.36 bits per heavy atom. The van der Waals surface area contributed by atoms with Crippen molar-refractivity contribution in [2.75, 3.05) is 19.1 Å². The monoisotopic (exact) mass is 814 g/mol. The number of para-hydroxylation sites is 1. The molecule has 3 aliphatic rings. The summed E-state index contributed by atoms with van der Waals surface area (Å²) in [6.07, 6.45) is 1.79. The van der Waals surface area contributed by atoms with Gasteiger partial charge < -0.3 is 19.1 Å². The van der Waals surface area contributed by atoms with Crippen molar-refractivity contribution >= 4 is 40.1 Å². The van der Waals surface area contributed by atoms with Crippen LogP contribution in [0.2, 0.25) is 5.02 Å². The van der Waals surface area contributed by atoms with Crippen LogP contribution >= 0.6 is 11.6 Å². The molecule has 2 aromatic heterocycles. The van der Waals surface area contributed by atoms with Crippen molar-refractivity contribution in [3.05, 3.63) is 155 Å². The lowest BCUT2D eigenvalue weighted by Crippen LogP contribution is -2.53. The SMILES string of the molecule is COc1cc2nc(CCn3c(=O)n4n(c3=O)C3CC5C(=O)N(c6cccc(Cl)c6)C(=O)C5(c5ccccc5)C(c5cccc(C)c5O)C3=CC4)c(=O)n(C)c2cc1OC. The molecule has 15 heteroatoms. The Kier molecular flexibility index (Phi) is 9.00. The molecule has 4 atom stereocenters. The number of nitrogens with zero attached hydrogens (tertiary/aromatic N) is 6. The van der Waals surface area contributed by atoms with E-state index < -0.39 is 52.0 Å². The highest BCUT2D eigenvalue weighted by Gasteiger charge is 2.69. The van der Waals surface area contributed by atoms with Gasteiger partial charge >= 0.3 is 11.4 Å². The van der Waals surface area contributed by atoms with E-state index in [2.05, 4.69) is 4.98 Å². The van der Waals surface area contributed by atoms with Gasteiger partial charge in [-0.15, -0.1) is 0 Å². The molecule has 1 aliphatic carbocycles. The molecule has 0 radical (unpaired) electrons. The van der Waals surface area contributed by atoms with E-state index in [4.69, 9.17) is 21.1 Å². The van der Waals surface area contributed by atoms with Crippen molar-refractivity contribution in [2.24, 2.45) is 13.0 Å². The molecule has 4 unspecified atom stereocenters. The zero-order chi connectivity index (χ0) is 41.5. The number of aryl methyl sites for hydroxylation is 3. The number of ether oxygens (including phenoxy) is 2. The molecule has 1 saturated carbocycles. The van der Waals surface area contributed by atoms with Crippen LogP contribution in [0.25, 0.3) is 11.0 Å². The van der Waals surface area contributed by atoms with Crippen LogP contribution in [0.5, 0.6) is 17.2 Å². The molecule has 9 rings (SSSR count). The predicted octanol–water partition coefficient (Wildman–Crippen LogP) is 4.78. The number of benzene rings is 4. The lowest BCUT2D eigenvalue weighted by Gasteiger charge is -2.49. The van der Waals surface area contributed by atoms with E-state index in [1.165, 1.54) is 33.1 Å². The van der Waals surface area contributed by atoms with Crippen molar-refractivity contribution < 1.29 is 24.2 Å². The third kappa shape index (κ3) is 5.45. The first-order valence-corrected chi connectivity index (χ1v) is 19.5. The Morgan fingerprint density at radius 2 is 1.63 bits per heavy atom. The predicted molar refractivity (Wildman–Crippen MR) is 220 cm³/mol. The summed E-state index contributed by atoms with van der Waals surface area (Å²) in [4.78, 5) is 78.5. The molecule has 59 heavy (non-hydrogen) atoms. The maximum atomic E-state index is 15.4. The van der Waals surface area contributed by atoms with E-state index in [-0.39, 0.29) is 37.4 Å². The van der Waals surface area contributed by atoms with Crippen molar-refractivity contribution in [1.82, 2.24) is 23.5 Å². The number of anilines is 1. The molecule has 1 saturated heterocycles. The number of methoxy groups -OCH3 is 2. The molecule has 4 aromatic carbocycles. The molecule has 300 valence electrons. The summed E-state index contributed by atoms with van der Waals surface area (Å²) in [5, 5.41) is 12.1. The number of imide groups is 1. The van der Waals surface area contributed by atoms with Crippen molar-refractivity contribution in [3.8, 4) is 17.2 Å². The highest BCUT2D eigenvalue weighted by Crippen LogP contribution is 2.63. The van der Waals surface area contributed by atoms with Crippen LogP contribution in [0.3, 0.4) is 0 Å². The van der Waals surface area contributed by atoms with Gasteiger partial charge in [-0.2, -0.15) is 0 Å². The molecule has 2 fully saturated rings. The van der Waals surface area contributed by atoms with E-state index in [9.17, 15) is 24.3 Å². The third-order valence-electron chi connectivity index (χ3n) is 12.3. The molecule has 2 aliphatic heterocycles. The van der Waals surface area contributed by atoms with Gasteiger partial charge in [0.2, 0.25) is 11.8 Å². The average Bonchev–Trinajstić information content (AvgIpc) is 3.62. The summed E-state index contributed by atoms with van der Waals surface area (Å²) in [6.45, 7) is 1.57. The van der Waals surface area contributed by atoms with Gasteiger partial charge in [0, 0.05) is 48.6 Å². The minimum atomic E-state index is -1.56. The fourth-order valence-electron chi connectivity index (χ4n) is 9.59. The average molecular weight is 815 g/mol. The Labute approximate surface area is 341 Å². The number of carbonyl (C=O) groups excluding carboxylic acids is 2. The Hall–Kier alpha value is -6.67. The maximum Gasteiger partial charge on any atom is 0.347 e. The lowest BCUT2D eigenvalue weighted by molar-refractivity contribution is -0.124. The number of allylic oxidation sites excluding steroid dienone is 2. The number of rotatable bonds is 8. The van der Waals surface area contributed by atoms with Crippen LogP contribution in [0.15, 0.2) is 111 Å². The third-order valence-corrected chi connectivity index (χ3v) is 12.5. The second kappa shape index (κ2) is 14.0. The van der Waals surface area contributed by atoms with E-state index >= 15 is 4.79 Å². The number of aromatic hydroxyl groups is 1. The zero-order valence-electron chi connectivity index (χ0n) is 32.6. The number of aromatic nitrogens is 5. The van der Waals surface area contributed by atoms with Crippen LogP contribution in [0.1, 0.15) is 40.8 Å². The smallest absolute Gasteiger partial charge is 0.347 e. The van der Waals surface area contributed by atoms with Gasteiger partial charge in [0.1, 0.15) is 11.4 Å². The number of amides is 2. The second-order valence-corrected chi connectivity index (χ2v) is 15.6. The van der Waals surface area contributed by atoms with E-state index in [0.29, 0.717) is 55.5 Å². The number of phenolic OH excluding ortho intramolecular Hbond substituents is 1. The summed E-state index contributed by atoms with van der Waals surface area (Å²) in [7, 11) is 4.60. The molecule has 0 spiro atoms. The number of hydrogen-bond acceptors (Lipinski definition) is 9. The van der Waals surface area contributed by atoms with Crippen LogP contribution < -0.4 is 31.3 Å². The van der Waals surface area contributed by atoms with Gasteiger partial charge in [0.05, 0.1) is 54.9 Å². The van der Waals surface area contributed by atoms with Crippen LogP contribution in [0, 0.1) is 12.8 Å². The topological polar surface area (TPSA) is 160 Å². The fourth-order valence-corrected chi connectivity index (χ4v) is 9.78. The molecular weight excluding hydrogens is 776 g/mol. The zero-order valence-corrected chi connectivity index (χ0v) is 33.3. The quantitative estimate of drug-likeness (QED) is 0.169. The minimum absolute atomic E-state index is 0.00707. The Balaban J connectivity index is 1.19. The number of hydrogen-bond donors (Lipinski definition) is 1. The highest BCUT2D eigenvalue weighted by atomic mass is 35.5. The van der Waals surface area contributed by atoms with E-state index in [0.717, 1.165) is 4.57 Å². The van der Waals surface area contributed by atoms with Crippen LogP contribution in [-0.4, -0.2) is 54.6 Å². The van der Waals surface area contributed by atoms with Crippen molar-refractivity contribution in [1.29, 1.82) is 0 Å². The van der Waals surface area contributed by atoms with Gasteiger partial charge in [0.15, 0.2) is 11.5 Å². The number of phenols is 1. The first kappa shape index (κ1) is 37.9. The summed E-state index contributed by atoms with van der Waals surface area (Å²) in [5.41, 5.74) is 0.397. The van der Waals surface area contributed by atoms with Crippen molar-refractivity contribution in [2.45, 2.75) is 50.2 Å². The fraction of sp³-hybridized carbons (Fsp3) is 0.273. The van der Waals surface area contributed by atoms with E-state index in [1.54, 1.807) is 68.6 Å². The van der Waals surface area contributed by atoms with Crippen LogP contribution in [0.4, 0.5) is 5.69 Å². The summed E-state index contributed by atoms with van der Waals surface area (Å²) >= 11 is 6.41. The van der Waals surface area contributed by atoms with Crippen LogP contribution in [-0.2, 0) is 41.6 Å². The Bertz CT molecular complexity index is 2970. The first-order chi connectivity index (χ1) is 28.4. The number of carbonyl (C=O) groups is 2. The highest BCUT2D eigenvalue weighted by molar-refractivity contribution is 6.32. The molecule has 1 N–H and O–H groups in total. The lowest BCUT2D eigenvalue weighted by atomic mass is 9.53. The molecule has 6 aromatic rings. The number of halogens is 1. The van der Waals surface area contributed by atoms with Gasteiger partial charge in [-0.1, -0.05) is 72.3 Å². The number of fused-ring (bicyclic) bond motifs is 5. The molecule has 4 heterocycles. The first-order valence-electron chi connectivity index (χ1n) is 19.1. The Morgan fingerprint density at radius 1 is 0.898 bits per heavy atom. The molecule has 0 bridgehead atoms. The van der Waals surface area contributed by atoms with E-state index in [1.807, 2.05) is 36.4 Å². The normalized spacial score (nSPS) is 20.9. The summed E-state index contributed by atoms with van der Waals surface area (Å²) in [6, 6.07) is 23.4. The summed E-state index contributed by atoms with van der Waals surface area (Å²) < 4.78 is 16.1. The van der Waals surface area contributed by atoms with Gasteiger partial charge in [-0.05, 0) is 48.2 Å². The molecular formula is C44H39ClN6O8. The minimum Gasteiger partial charge on any atom is -0.507 e.